The van der Waals surface area contributed by atoms with E-state index in [1.165, 1.54) is 0 Å². The van der Waals surface area contributed by atoms with E-state index in [-0.39, 0.29) is 0 Å². The van der Waals surface area contributed by atoms with E-state index >= 15 is 0 Å². The quantitative estimate of drug-likeness (QED) is 0.596. The maximum absolute atomic E-state index is 10.0. The molecule has 1 aromatic carbocycles. The monoisotopic (exact) mass is 292 g/mol. The van der Waals surface area contributed by atoms with Gasteiger partial charge in [-0.2, -0.15) is 0 Å². The largest absolute Gasteiger partial charge is 0.386 e. The van der Waals surface area contributed by atoms with Gasteiger partial charge in [0.25, 0.3) is 0 Å². The molecule has 5 nitrogen and oxygen atoms in total. The minimum Gasteiger partial charge on any atom is -0.386 e. The lowest BCUT2D eigenvalue weighted by Gasteiger charge is -2.17. The summed E-state index contributed by atoms with van der Waals surface area (Å²) in [6.45, 7) is 3.56. The van der Waals surface area contributed by atoms with Crippen molar-refractivity contribution in [2.45, 2.75) is 19.4 Å². The molecule has 4 aromatic rings. The van der Waals surface area contributed by atoms with Crippen molar-refractivity contribution in [3.63, 3.8) is 0 Å². The van der Waals surface area contributed by atoms with Gasteiger partial charge in [0.1, 0.15) is 6.33 Å². The summed E-state index contributed by atoms with van der Waals surface area (Å²) in [4.78, 5) is 12.1. The Bertz CT molecular complexity index is 958. The van der Waals surface area contributed by atoms with Crippen molar-refractivity contribution in [2.24, 2.45) is 0 Å². The van der Waals surface area contributed by atoms with Crippen molar-refractivity contribution in [1.29, 1.82) is 0 Å². The maximum Gasteiger partial charge on any atom is 0.154 e. The van der Waals surface area contributed by atoms with Crippen LogP contribution >= 0.6 is 0 Å². The number of fused-ring (bicyclic) bond motifs is 3. The van der Waals surface area contributed by atoms with Gasteiger partial charge in [-0.3, -0.25) is 4.40 Å². The minimum absolute atomic E-state index is 0.840. The topological polar surface area (TPSA) is 66.2 Å². The Morgan fingerprint density at radius 1 is 1.05 bits per heavy atom. The van der Waals surface area contributed by atoms with E-state index in [0.717, 1.165) is 33.5 Å². The molecule has 0 bridgehead atoms. The zero-order valence-electron chi connectivity index (χ0n) is 12.4. The number of benzene rings is 1. The minimum atomic E-state index is -0.840. The van der Waals surface area contributed by atoms with Gasteiger partial charge in [0.15, 0.2) is 5.65 Å². The third kappa shape index (κ3) is 1.90. The summed E-state index contributed by atoms with van der Waals surface area (Å²) in [6.07, 6.45) is 5.51. The Morgan fingerprint density at radius 3 is 2.55 bits per heavy atom. The van der Waals surface area contributed by atoms with E-state index in [1.54, 1.807) is 13.8 Å². The Kier molecular flexibility index (Phi) is 2.62. The standard InChI is InChI=1S/C17H16N4O/c1-17(2,22)12-5-3-11(4-6-12)15-14-9-19-16-13(7-8-18-16)21(14)10-20-15/h3-10,18,22H,1-2H3. The first-order valence-electron chi connectivity index (χ1n) is 7.16. The molecule has 3 heterocycles. The molecule has 0 unspecified atom stereocenters. The summed E-state index contributed by atoms with van der Waals surface area (Å²) >= 11 is 0. The van der Waals surface area contributed by atoms with Gasteiger partial charge in [0.2, 0.25) is 0 Å². The third-order valence-electron chi connectivity index (χ3n) is 3.95. The number of nitrogens with one attached hydrogen (secondary N) is 1. The average Bonchev–Trinajstić information content (AvgIpc) is 3.12. The number of aliphatic hydroxyl groups is 1. The number of H-pyrrole nitrogens is 1. The molecule has 0 atom stereocenters. The van der Waals surface area contributed by atoms with Crippen LogP contribution in [-0.4, -0.2) is 24.5 Å². The van der Waals surface area contributed by atoms with Crippen LogP contribution in [0.1, 0.15) is 19.4 Å². The SMILES string of the molecule is CC(C)(O)c1ccc(-c2ncn3c2cnc2[nH]ccc23)cc1. The molecular formula is C17H16N4O. The molecule has 5 heteroatoms. The van der Waals surface area contributed by atoms with Crippen molar-refractivity contribution in [2.75, 3.05) is 0 Å². The highest BCUT2D eigenvalue weighted by Crippen LogP contribution is 2.27. The molecule has 110 valence electrons. The number of nitrogens with zero attached hydrogens (tertiary/aromatic N) is 3. The lowest BCUT2D eigenvalue weighted by molar-refractivity contribution is 0.0786. The average molecular weight is 292 g/mol. The summed E-state index contributed by atoms with van der Waals surface area (Å²) in [7, 11) is 0. The van der Waals surface area contributed by atoms with E-state index in [4.69, 9.17) is 0 Å². The van der Waals surface area contributed by atoms with E-state index in [0.29, 0.717) is 0 Å². The van der Waals surface area contributed by atoms with Gasteiger partial charge < -0.3 is 10.1 Å². The van der Waals surface area contributed by atoms with Gasteiger partial charge in [-0.05, 0) is 25.5 Å². The van der Waals surface area contributed by atoms with Crippen molar-refractivity contribution in [3.8, 4) is 11.3 Å². The molecule has 0 radical (unpaired) electrons. The van der Waals surface area contributed by atoms with Crippen molar-refractivity contribution in [3.05, 3.63) is 54.6 Å². The smallest absolute Gasteiger partial charge is 0.154 e. The van der Waals surface area contributed by atoms with E-state index in [2.05, 4.69) is 15.0 Å². The fraction of sp³-hybridized carbons (Fsp3) is 0.176. The molecule has 0 saturated heterocycles. The first-order valence-corrected chi connectivity index (χ1v) is 7.16. The maximum atomic E-state index is 10.0. The lowest BCUT2D eigenvalue weighted by Crippen LogP contribution is -2.14. The van der Waals surface area contributed by atoms with Gasteiger partial charge in [-0.15, -0.1) is 0 Å². The molecule has 0 fully saturated rings. The molecule has 0 saturated carbocycles. The van der Waals surface area contributed by atoms with Gasteiger partial charge in [-0.1, -0.05) is 24.3 Å². The van der Waals surface area contributed by atoms with Gasteiger partial charge in [0, 0.05) is 11.8 Å². The molecule has 2 N–H and O–H groups in total. The molecule has 4 rings (SSSR count). The molecule has 3 aromatic heterocycles. The number of hydrogen-bond donors (Lipinski definition) is 2. The second-order valence-corrected chi connectivity index (χ2v) is 5.95. The molecular weight excluding hydrogens is 276 g/mol. The first kappa shape index (κ1) is 13.0. The van der Waals surface area contributed by atoms with Crippen LogP contribution in [0, 0.1) is 0 Å². The van der Waals surface area contributed by atoms with E-state index in [1.807, 2.05) is 53.5 Å². The van der Waals surface area contributed by atoms with Crippen LogP contribution in [0.5, 0.6) is 0 Å². The number of hydrogen-bond acceptors (Lipinski definition) is 3. The fourth-order valence-corrected chi connectivity index (χ4v) is 2.71. The molecule has 0 spiro atoms. The third-order valence-corrected chi connectivity index (χ3v) is 3.95. The van der Waals surface area contributed by atoms with Crippen LogP contribution in [0.4, 0.5) is 0 Å². The second kappa shape index (κ2) is 4.42. The molecule has 0 aliphatic heterocycles. The second-order valence-electron chi connectivity index (χ2n) is 5.95. The van der Waals surface area contributed by atoms with Crippen molar-refractivity contribution in [1.82, 2.24) is 19.4 Å². The normalized spacial score (nSPS) is 12.3. The highest BCUT2D eigenvalue weighted by Gasteiger charge is 2.16. The Balaban J connectivity index is 1.87. The Morgan fingerprint density at radius 2 is 1.82 bits per heavy atom. The summed E-state index contributed by atoms with van der Waals surface area (Å²) in [6, 6.07) is 9.82. The highest BCUT2D eigenvalue weighted by molar-refractivity contribution is 5.83. The number of rotatable bonds is 2. The fourth-order valence-electron chi connectivity index (χ4n) is 2.71. The molecule has 0 aliphatic rings. The summed E-state index contributed by atoms with van der Waals surface area (Å²) < 4.78 is 2.03. The number of aromatic nitrogens is 4. The predicted molar refractivity (Wildman–Crippen MR) is 85.5 cm³/mol. The van der Waals surface area contributed by atoms with Crippen molar-refractivity contribution < 1.29 is 5.11 Å². The summed E-state index contributed by atoms with van der Waals surface area (Å²) in [5, 5.41) is 10.0. The van der Waals surface area contributed by atoms with E-state index < -0.39 is 5.60 Å². The van der Waals surface area contributed by atoms with Crippen LogP contribution in [0.3, 0.4) is 0 Å². The molecule has 0 aliphatic carbocycles. The Hall–Kier alpha value is -2.66. The predicted octanol–water partition coefficient (Wildman–Crippen LogP) is 3.11. The zero-order valence-corrected chi connectivity index (χ0v) is 12.4. The first-order chi connectivity index (χ1) is 10.5. The Labute approximate surface area is 127 Å². The van der Waals surface area contributed by atoms with E-state index in [9.17, 15) is 5.11 Å². The number of imidazole rings is 1. The molecule has 0 amide bonds. The van der Waals surface area contributed by atoms with Gasteiger partial charge >= 0.3 is 0 Å². The van der Waals surface area contributed by atoms with Crippen LogP contribution in [0.25, 0.3) is 27.9 Å². The highest BCUT2D eigenvalue weighted by atomic mass is 16.3. The zero-order chi connectivity index (χ0) is 15.3. The molecule has 22 heavy (non-hydrogen) atoms. The van der Waals surface area contributed by atoms with Crippen molar-refractivity contribution >= 4 is 16.7 Å². The van der Waals surface area contributed by atoms with Crippen LogP contribution in [0.2, 0.25) is 0 Å². The lowest BCUT2D eigenvalue weighted by atomic mass is 9.97. The van der Waals surface area contributed by atoms with Gasteiger partial charge in [0.05, 0.1) is 28.5 Å². The van der Waals surface area contributed by atoms with Crippen LogP contribution in [0.15, 0.2) is 49.1 Å². The summed E-state index contributed by atoms with van der Waals surface area (Å²) in [5.74, 6) is 0. The van der Waals surface area contributed by atoms with Gasteiger partial charge in [-0.25, -0.2) is 9.97 Å². The van der Waals surface area contributed by atoms with Crippen LogP contribution < -0.4 is 0 Å². The summed E-state index contributed by atoms with van der Waals surface area (Å²) in [5.41, 5.74) is 4.74. The van der Waals surface area contributed by atoms with Crippen LogP contribution in [-0.2, 0) is 5.60 Å². The number of aromatic amines is 1.